The van der Waals surface area contributed by atoms with E-state index in [4.69, 9.17) is 0 Å². The number of hydrogen-bond donors (Lipinski definition) is 1. The third-order valence-corrected chi connectivity index (χ3v) is 4.58. The summed E-state index contributed by atoms with van der Waals surface area (Å²) in [6, 6.07) is 11.5. The average molecular weight is 274 g/mol. The Hall–Kier alpha value is -0.860. The Balaban J connectivity index is 1.61. The number of rotatable bonds is 7. The normalized spacial score (nSPS) is 19.7. The van der Waals surface area contributed by atoms with Gasteiger partial charge in [-0.3, -0.25) is 4.90 Å². The van der Waals surface area contributed by atoms with Crippen molar-refractivity contribution in [3.8, 4) is 0 Å². The highest BCUT2D eigenvalue weighted by Gasteiger charge is 2.15. The lowest BCUT2D eigenvalue weighted by Crippen LogP contribution is -2.43. The van der Waals surface area contributed by atoms with Gasteiger partial charge in [0, 0.05) is 12.6 Å². The molecular formula is C18H30N2. The third-order valence-electron chi connectivity index (χ3n) is 4.58. The Morgan fingerprint density at radius 1 is 1.05 bits per heavy atom. The van der Waals surface area contributed by atoms with E-state index >= 15 is 0 Å². The van der Waals surface area contributed by atoms with Gasteiger partial charge in [-0.15, -0.1) is 0 Å². The van der Waals surface area contributed by atoms with Crippen molar-refractivity contribution in [2.24, 2.45) is 0 Å². The maximum absolute atomic E-state index is 3.64. The van der Waals surface area contributed by atoms with Crippen molar-refractivity contribution in [2.75, 3.05) is 26.2 Å². The van der Waals surface area contributed by atoms with Crippen LogP contribution in [0.15, 0.2) is 30.3 Å². The third kappa shape index (κ3) is 4.92. The van der Waals surface area contributed by atoms with Gasteiger partial charge in [-0.05, 0) is 57.3 Å². The lowest BCUT2D eigenvalue weighted by atomic mass is 9.98. The molecule has 1 aromatic carbocycles. The smallest absolute Gasteiger partial charge is 0.0192 e. The van der Waals surface area contributed by atoms with Gasteiger partial charge in [-0.2, -0.15) is 0 Å². The molecule has 1 heterocycles. The van der Waals surface area contributed by atoms with E-state index in [1.807, 2.05) is 0 Å². The van der Waals surface area contributed by atoms with E-state index in [0.29, 0.717) is 12.0 Å². The largest absolute Gasteiger partial charge is 0.315 e. The van der Waals surface area contributed by atoms with Gasteiger partial charge in [0.1, 0.15) is 0 Å². The maximum atomic E-state index is 3.64. The number of benzene rings is 1. The van der Waals surface area contributed by atoms with E-state index in [1.165, 1.54) is 44.3 Å². The molecule has 1 saturated heterocycles. The molecule has 2 nitrogen and oxygen atoms in total. The summed E-state index contributed by atoms with van der Waals surface area (Å²) in [7, 11) is 0. The van der Waals surface area contributed by atoms with Crippen LogP contribution in [-0.4, -0.2) is 37.1 Å². The van der Waals surface area contributed by atoms with E-state index in [9.17, 15) is 0 Å². The van der Waals surface area contributed by atoms with Gasteiger partial charge in [0.15, 0.2) is 0 Å². The van der Waals surface area contributed by atoms with Crippen LogP contribution in [0.25, 0.3) is 0 Å². The Labute approximate surface area is 124 Å². The van der Waals surface area contributed by atoms with Crippen LogP contribution in [0.5, 0.6) is 0 Å². The quantitative estimate of drug-likeness (QED) is 0.764. The molecule has 0 amide bonds. The monoisotopic (exact) mass is 274 g/mol. The van der Waals surface area contributed by atoms with E-state index < -0.39 is 0 Å². The molecule has 20 heavy (non-hydrogen) atoms. The van der Waals surface area contributed by atoms with E-state index in [0.717, 1.165) is 13.1 Å². The summed E-state index contributed by atoms with van der Waals surface area (Å²) in [4.78, 5) is 2.64. The van der Waals surface area contributed by atoms with E-state index in [2.05, 4.69) is 54.4 Å². The summed E-state index contributed by atoms with van der Waals surface area (Å²) < 4.78 is 0. The van der Waals surface area contributed by atoms with E-state index in [1.54, 1.807) is 0 Å². The molecule has 0 bridgehead atoms. The number of likely N-dealkylation sites (tertiary alicyclic amines) is 1. The summed E-state index contributed by atoms with van der Waals surface area (Å²) in [5, 5.41) is 3.64. The number of hydrogen-bond acceptors (Lipinski definition) is 2. The second kappa shape index (κ2) is 8.43. The highest BCUT2D eigenvalue weighted by molar-refractivity contribution is 5.18. The first-order valence-corrected chi connectivity index (χ1v) is 8.27. The Morgan fingerprint density at radius 3 is 2.45 bits per heavy atom. The molecule has 1 aliphatic heterocycles. The molecule has 0 aromatic heterocycles. The second-order valence-electron chi connectivity index (χ2n) is 6.25. The summed E-state index contributed by atoms with van der Waals surface area (Å²) in [6.45, 7) is 9.52. The fourth-order valence-corrected chi connectivity index (χ4v) is 3.07. The lowest BCUT2D eigenvalue weighted by Gasteiger charge is -2.32. The van der Waals surface area contributed by atoms with Crippen LogP contribution >= 0.6 is 0 Å². The van der Waals surface area contributed by atoms with Gasteiger partial charge in [0.2, 0.25) is 0 Å². The topological polar surface area (TPSA) is 15.3 Å². The van der Waals surface area contributed by atoms with Crippen molar-refractivity contribution in [1.82, 2.24) is 10.2 Å². The highest BCUT2D eigenvalue weighted by atomic mass is 15.2. The predicted octanol–water partition coefficient (Wildman–Crippen LogP) is 3.64. The summed E-state index contributed by atoms with van der Waals surface area (Å²) in [5.41, 5.74) is 1.46. The Morgan fingerprint density at radius 2 is 1.75 bits per heavy atom. The van der Waals surface area contributed by atoms with Crippen LogP contribution in [0, 0.1) is 0 Å². The molecular weight excluding hydrogens is 244 g/mol. The van der Waals surface area contributed by atoms with Crippen LogP contribution in [0.1, 0.15) is 51.0 Å². The molecule has 0 saturated carbocycles. The van der Waals surface area contributed by atoms with Crippen LogP contribution in [0.2, 0.25) is 0 Å². The molecule has 1 N–H and O–H groups in total. The van der Waals surface area contributed by atoms with Gasteiger partial charge in [0.25, 0.3) is 0 Å². The Bertz CT molecular complexity index is 357. The van der Waals surface area contributed by atoms with Crippen molar-refractivity contribution in [3.63, 3.8) is 0 Å². The van der Waals surface area contributed by atoms with Gasteiger partial charge in [-0.1, -0.05) is 43.7 Å². The SMILES string of the molecule is CC(CCNCC(C)N1CCCCC1)c1ccccc1. The zero-order valence-corrected chi connectivity index (χ0v) is 13.1. The Kier molecular flexibility index (Phi) is 6.55. The van der Waals surface area contributed by atoms with Gasteiger partial charge >= 0.3 is 0 Å². The zero-order valence-electron chi connectivity index (χ0n) is 13.1. The van der Waals surface area contributed by atoms with Crippen LogP contribution in [0.3, 0.4) is 0 Å². The maximum Gasteiger partial charge on any atom is 0.0192 e. The summed E-state index contributed by atoms with van der Waals surface area (Å²) in [5.74, 6) is 0.647. The van der Waals surface area contributed by atoms with Gasteiger partial charge in [0.05, 0.1) is 0 Å². The molecule has 0 spiro atoms. The summed E-state index contributed by atoms with van der Waals surface area (Å²) >= 11 is 0. The standard InChI is InChI=1S/C18H30N2/c1-16(18-9-5-3-6-10-18)11-12-19-15-17(2)20-13-7-4-8-14-20/h3,5-6,9-10,16-17,19H,4,7-8,11-15H2,1-2H3. The molecule has 2 rings (SSSR count). The molecule has 2 atom stereocenters. The van der Waals surface area contributed by atoms with Crippen LogP contribution < -0.4 is 5.32 Å². The van der Waals surface area contributed by atoms with Crippen molar-refractivity contribution < 1.29 is 0 Å². The minimum atomic E-state index is 0.647. The predicted molar refractivity (Wildman–Crippen MR) is 87.2 cm³/mol. The minimum absolute atomic E-state index is 0.647. The fraction of sp³-hybridized carbons (Fsp3) is 0.667. The molecule has 1 aromatic rings. The van der Waals surface area contributed by atoms with Crippen LogP contribution in [0.4, 0.5) is 0 Å². The molecule has 112 valence electrons. The molecule has 2 heteroatoms. The molecule has 0 radical (unpaired) electrons. The second-order valence-corrected chi connectivity index (χ2v) is 6.25. The number of nitrogens with one attached hydrogen (secondary N) is 1. The molecule has 0 aliphatic carbocycles. The van der Waals surface area contributed by atoms with Crippen LogP contribution in [-0.2, 0) is 0 Å². The first kappa shape index (κ1) is 15.5. The van der Waals surface area contributed by atoms with Crippen molar-refractivity contribution in [3.05, 3.63) is 35.9 Å². The fourth-order valence-electron chi connectivity index (χ4n) is 3.07. The molecule has 1 aliphatic rings. The number of piperidine rings is 1. The lowest BCUT2D eigenvalue weighted by molar-refractivity contribution is 0.171. The molecule has 2 unspecified atom stereocenters. The van der Waals surface area contributed by atoms with Crippen molar-refractivity contribution in [1.29, 1.82) is 0 Å². The van der Waals surface area contributed by atoms with Gasteiger partial charge in [-0.25, -0.2) is 0 Å². The highest BCUT2D eigenvalue weighted by Crippen LogP contribution is 2.17. The van der Waals surface area contributed by atoms with Gasteiger partial charge < -0.3 is 5.32 Å². The minimum Gasteiger partial charge on any atom is -0.315 e. The first-order chi connectivity index (χ1) is 9.77. The number of nitrogens with zero attached hydrogens (tertiary/aromatic N) is 1. The van der Waals surface area contributed by atoms with Crippen molar-refractivity contribution in [2.45, 2.75) is 51.5 Å². The zero-order chi connectivity index (χ0) is 14.2. The molecule has 1 fully saturated rings. The first-order valence-electron chi connectivity index (χ1n) is 8.27. The summed E-state index contributed by atoms with van der Waals surface area (Å²) in [6.07, 6.45) is 5.41. The van der Waals surface area contributed by atoms with E-state index in [-0.39, 0.29) is 0 Å². The van der Waals surface area contributed by atoms with Crippen molar-refractivity contribution >= 4 is 0 Å². The average Bonchev–Trinajstić information content (AvgIpc) is 2.53.